The van der Waals surface area contributed by atoms with Gasteiger partial charge in [0.25, 0.3) is 5.91 Å². The van der Waals surface area contributed by atoms with Crippen molar-refractivity contribution in [2.24, 2.45) is 0 Å². The van der Waals surface area contributed by atoms with Gasteiger partial charge >= 0.3 is 0 Å². The lowest BCUT2D eigenvalue weighted by molar-refractivity contribution is 0.0601. The molecule has 4 heterocycles. The Morgan fingerprint density at radius 2 is 1.87 bits per heavy atom. The number of pyridine rings is 1. The van der Waals surface area contributed by atoms with Gasteiger partial charge in [-0.3, -0.25) is 9.78 Å². The third-order valence-electron chi connectivity index (χ3n) is 5.42. The molecule has 3 aromatic heterocycles. The van der Waals surface area contributed by atoms with E-state index in [-0.39, 0.29) is 12.0 Å². The standard InChI is InChI=1S/C23H22N4O2S/c1-16-21(30-23(25-16)27-12-2-3-13-27)22(28)26-14-9-18(10-15-26)29-19-8-4-6-17-7-5-11-24-20(17)19/h2-8,11-13,18H,9-10,14-15H2,1H3. The summed E-state index contributed by atoms with van der Waals surface area (Å²) < 4.78 is 8.20. The Morgan fingerprint density at radius 3 is 2.67 bits per heavy atom. The number of hydrogen-bond donors (Lipinski definition) is 0. The molecule has 1 amide bonds. The van der Waals surface area contributed by atoms with Crippen LogP contribution in [0.1, 0.15) is 28.2 Å². The van der Waals surface area contributed by atoms with Crippen molar-refractivity contribution in [2.75, 3.05) is 13.1 Å². The zero-order chi connectivity index (χ0) is 20.5. The van der Waals surface area contributed by atoms with Crippen LogP contribution in [0.4, 0.5) is 0 Å². The summed E-state index contributed by atoms with van der Waals surface area (Å²) in [5.74, 6) is 0.876. The smallest absolute Gasteiger partial charge is 0.265 e. The van der Waals surface area contributed by atoms with Crippen LogP contribution in [-0.2, 0) is 0 Å². The van der Waals surface area contributed by atoms with Crippen LogP contribution in [0.15, 0.2) is 61.1 Å². The number of carbonyl (C=O) groups excluding carboxylic acids is 1. The Bertz CT molecular complexity index is 1170. The number of likely N-dealkylation sites (tertiary alicyclic amines) is 1. The predicted octanol–water partition coefficient (Wildman–Crippen LogP) is 4.47. The normalized spacial score (nSPS) is 14.9. The van der Waals surface area contributed by atoms with E-state index in [0.29, 0.717) is 13.1 Å². The fourth-order valence-electron chi connectivity index (χ4n) is 3.82. The fourth-order valence-corrected chi connectivity index (χ4v) is 4.83. The zero-order valence-corrected chi connectivity index (χ0v) is 17.5. The summed E-state index contributed by atoms with van der Waals surface area (Å²) in [5, 5.41) is 1.89. The molecule has 0 N–H and O–H groups in total. The van der Waals surface area contributed by atoms with Gasteiger partial charge in [-0.25, -0.2) is 4.98 Å². The topological polar surface area (TPSA) is 60.2 Å². The number of nitrogens with zero attached hydrogens (tertiary/aromatic N) is 4. The number of para-hydroxylation sites is 1. The van der Waals surface area contributed by atoms with Crippen LogP contribution in [0.2, 0.25) is 0 Å². The van der Waals surface area contributed by atoms with Gasteiger partial charge in [0.05, 0.1) is 5.69 Å². The molecule has 1 fully saturated rings. The van der Waals surface area contributed by atoms with E-state index in [1.807, 2.05) is 71.2 Å². The average molecular weight is 419 g/mol. The lowest BCUT2D eigenvalue weighted by Crippen LogP contribution is -2.41. The maximum Gasteiger partial charge on any atom is 0.265 e. The van der Waals surface area contributed by atoms with Gasteiger partial charge < -0.3 is 14.2 Å². The zero-order valence-electron chi connectivity index (χ0n) is 16.7. The number of aromatic nitrogens is 3. The summed E-state index contributed by atoms with van der Waals surface area (Å²) in [6.07, 6.45) is 7.36. The molecule has 4 aromatic rings. The van der Waals surface area contributed by atoms with Crippen LogP contribution < -0.4 is 4.74 Å². The van der Waals surface area contributed by atoms with E-state index in [1.54, 1.807) is 6.20 Å². The van der Waals surface area contributed by atoms with Crippen molar-refractivity contribution in [1.29, 1.82) is 0 Å². The van der Waals surface area contributed by atoms with Crippen molar-refractivity contribution in [3.8, 4) is 10.9 Å². The van der Waals surface area contributed by atoms with Gasteiger partial charge in [0.2, 0.25) is 0 Å². The Hall–Kier alpha value is -3.19. The van der Waals surface area contributed by atoms with E-state index >= 15 is 0 Å². The third-order valence-corrected chi connectivity index (χ3v) is 6.58. The molecular weight excluding hydrogens is 396 g/mol. The Balaban J connectivity index is 1.25. The van der Waals surface area contributed by atoms with Gasteiger partial charge in [0.1, 0.15) is 22.2 Å². The molecule has 30 heavy (non-hydrogen) atoms. The van der Waals surface area contributed by atoms with Gasteiger partial charge in [0.15, 0.2) is 5.13 Å². The number of rotatable bonds is 4. The van der Waals surface area contributed by atoms with Crippen molar-refractivity contribution in [1.82, 2.24) is 19.4 Å². The molecule has 0 bridgehead atoms. The van der Waals surface area contributed by atoms with Gasteiger partial charge in [-0.2, -0.15) is 0 Å². The lowest BCUT2D eigenvalue weighted by atomic mass is 10.1. The monoisotopic (exact) mass is 418 g/mol. The molecule has 0 spiro atoms. The Morgan fingerprint density at radius 1 is 1.10 bits per heavy atom. The number of ether oxygens (including phenoxy) is 1. The molecule has 1 aliphatic heterocycles. The molecule has 6 nitrogen and oxygen atoms in total. The quantitative estimate of drug-likeness (QED) is 0.490. The predicted molar refractivity (Wildman–Crippen MR) is 117 cm³/mol. The van der Waals surface area contributed by atoms with E-state index in [9.17, 15) is 4.79 Å². The van der Waals surface area contributed by atoms with Crippen molar-refractivity contribution >= 4 is 28.1 Å². The third kappa shape index (κ3) is 3.57. The molecule has 0 unspecified atom stereocenters. The van der Waals surface area contributed by atoms with E-state index < -0.39 is 0 Å². The maximum atomic E-state index is 13.1. The lowest BCUT2D eigenvalue weighted by Gasteiger charge is -2.32. The minimum absolute atomic E-state index is 0.0636. The maximum absolute atomic E-state index is 13.1. The second-order valence-corrected chi connectivity index (χ2v) is 8.42. The van der Waals surface area contributed by atoms with E-state index in [4.69, 9.17) is 4.74 Å². The highest BCUT2D eigenvalue weighted by Gasteiger charge is 2.27. The molecule has 0 atom stereocenters. The fraction of sp³-hybridized carbons (Fsp3) is 0.261. The molecule has 0 saturated carbocycles. The Labute approximate surface area is 178 Å². The van der Waals surface area contributed by atoms with Gasteiger partial charge in [-0.05, 0) is 31.2 Å². The summed E-state index contributed by atoms with van der Waals surface area (Å²) in [7, 11) is 0. The van der Waals surface area contributed by atoms with E-state index in [1.165, 1.54) is 11.3 Å². The second-order valence-electron chi connectivity index (χ2n) is 7.44. The number of fused-ring (bicyclic) bond motifs is 1. The number of hydrogen-bond acceptors (Lipinski definition) is 5. The van der Waals surface area contributed by atoms with Gasteiger partial charge in [-0.15, -0.1) is 0 Å². The van der Waals surface area contributed by atoms with Crippen LogP contribution in [0.5, 0.6) is 5.75 Å². The first-order chi connectivity index (χ1) is 14.7. The molecular formula is C23H22N4O2S. The minimum atomic E-state index is 0.0636. The highest BCUT2D eigenvalue weighted by Crippen LogP contribution is 2.28. The van der Waals surface area contributed by atoms with Crippen LogP contribution >= 0.6 is 11.3 Å². The van der Waals surface area contributed by atoms with Crippen LogP contribution in [0, 0.1) is 6.92 Å². The molecule has 1 saturated heterocycles. The van der Waals surface area contributed by atoms with Crippen molar-refractivity contribution in [3.05, 3.63) is 71.6 Å². The molecule has 5 rings (SSSR count). The summed E-state index contributed by atoms with van der Waals surface area (Å²) >= 11 is 1.44. The van der Waals surface area contributed by atoms with Crippen molar-refractivity contribution < 1.29 is 9.53 Å². The van der Waals surface area contributed by atoms with Crippen LogP contribution in [-0.4, -0.2) is 44.5 Å². The summed E-state index contributed by atoms with van der Waals surface area (Å²) in [6, 6.07) is 13.9. The SMILES string of the molecule is Cc1nc(-n2cccc2)sc1C(=O)N1CCC(Oc2cccc3cccnc23)CC1. The Kier molecular flexibility index (Phi) is 4.96. The summed E-state index contributed by atoms with van der Waals surface area (Å²) in [5.41, 5.74) is 1.67. The first kappa shape index (κ1) is 18.8. The number of aryl methyl sites for hydroxylation is 1. The largest absolute Gasteiger partial charge is 0.488 e. The second kappa shape index (κ2) is 7.91. The highest BCUT2D eigenvalue weighted by molar-refractivity contribution is 7.16. The highest BCUT2D eigenvalue weighted by atomic mass is 32.1. The number of carbonyl (C=O) groups is 1. The first-order valence-corrected chi connectivity index (χ1v) is 10.9. The first-order valence-electron chi connectivity index (χ1n) is 10.1. The average Bonchev–Trinajstić information content (AvgIpc) is 3.44. The number of thiazole rings is 1. The molecule has 7 heteroatoms. The van der Waals surface area contributed by atoms with Gasteiger partial charge in [-0.1, -0.05) is 29.5 Å². The van der Waals surface area contributed by atoms with Crippen LogP contribution in [0.3, 0.4) is 0 Å². The molecule has 0 radical (unpaired) electrons. The number of piperidine rings is 1. The number of benzene rings is 1. The summed E-state index contributed by atoms with van der Waals surface area (Å²) in [6.45, 7) is 3.26. The van der Waals surface area contributed by atoms with Gasteiger partial charge in [0, 0.05) is 49.9 Å². The van der Waals surface area contributed by atoms with Crippen LogP contribution in [0.25, 0.3) is 16.0 Å². The summed E-state index contributed by atoms with van der Waals surface area (Å²) in [4.78, 5) is 24.8. The van der Waals surface area contributed by atoms with Crippen molar-refractivity contribution in [3.63, 3.8) is 0 Å². The minimum Gasteiger partial charge on any atom is -0.488 e. The molecule has 1 aromatic carbocycles. The molecule has 0 aliphatic carbocycles. The molecule has 152 valence electrons. The molecule has 1 aliphatic rings. The van der Waals surface area contributed by atoms with Crippen molar-refractivity contribution in [2.45, 2.75) is 25.9 Å². The van der Waals surface area contributed by atoms with E-state index in [2.05, 4.69) is 9.97 Å². The van der Waals surface area contributed by atoms with E-state index in [0.717, 1.165) is 45.2 Å². The number of amides is 1.